The Morgan fingerprint density at radius 3 is 1.76 bits per heavy atom. The molecule has 2 heterocycles. The van der Waals surface area contributed by atoms with Crippen molar-refractivity contribution in [3.8, 4) is 0 Å². The molecule has 2 saturated heterocycles. The SMILES string of the molecule is CN(C(=O)N(C)[C@@H]1CN(C(=O)C2CCN(C(=O)C(F)(F)F)CC2)C[C@H]1c1ccc(F)cc1)c1cc(C(F)(F)F)cc(C(F)(F)F)c1. The monoisotopic (exact) mass is 670 g/mol. The van der Waals surface area contributed by atoms with Gasteiger partial charge in [-0.25, -0.2) is 9.18 Å². The Hall–Kier alpha value is -4.05. The van der Waals surface area contributed by atoms with Crippen molar-refractivity contribution in [2.24, 2.45) is 5.92 Å². The van der Waals surface area contributed by atoms with E-state index in [1.165, 1.54) is 24.1 Å². The molecule has 7 nitrogen and oxygen atoms in total. The minimum absolute atomic E-state index is 0.0278. The summed E-state index contributed by atoms with van der Waals surface area (Å²) in [5.41, 5.74) is -3.45. The van der Waals surface area contributed by atoms with E-state index in [1.54, 1.807) is 0 Å². The summed E-state index contributed by atoms with van der Waals surface area (Å²) in [5.74, 6) is -4.48. The number of benzene rings is 2. The molecule has 46 heavy (non-hydrogen) atoms. The Bertz CT molecular complexity index is 1420. The first-order valence-electron chi connectivity index (χ1n) is 13.9. The van der Waals surface area contributed by atoms with E-state index in [1.807, 2.05) is 0 Å². The largest absolute Gasteiger partial charge is 0.471 e. The lowest BCUT2D eigenvalue weighted by Gasteiger charge is -2.34. The predicted molar refractivity (Wildman–Crippen MR) is 143 cm³/mol. The van der Waals surface area contributed by atoms with Crippen LogP contribution in [0, 0.1) is 11.7 Å². The maximum absolute atomic E-state index is 13.7. The number of amides is 4. The van der Waals surface area contributed by atoms with Gasteiger partial charge in [0.25, 0.3) is 0 Å². The summed E-state index contributed by atoms with van der Waals surface area (Å²) in [6.07, 6.45) is -15.5. The van der Waals surface area contributed by atoms with Crippen LogP contribution in [0.1, 0.15) is 35.4 Å². The average Bonchev–Trinajstić information content (AvgIpc) is 3.43. The van der Waals surface area contributed by atoms with Crippen molar-refractivity contribution in [2.45, 2.75) is 43.3 Å². The molecule has 0 saturated carbocycles. The Morgan fingerprint density at radius 2 is 1.28 bits per heavy atom. The molecule has 2 aromatic carbocycles. The number of carbonyl (C=O) groups is 3. The van der Waals surface area contributed by atoms with Gasteiger partial charge in [-0.3, -0.25) is 14.5 Å². The average molecular weight is 671 g/mol. The van der Waals surface area contributed by atoms with Crippen molar-refractivity contribution in [1.82, 2.24) is 14.7 Å². The zero-order valence-corrected chi connectivity index (χ0v) is 24.3. The van der Waals surface area contributed by atoms with E-state index in [0.717, 1.165) is 24.1 Å². The third-order valence-electron chi connectivity index (χ3n) is 8.32. The third kappa shape index (κ3) is 7.49. The highest BCUT2D eigenvalue weighted by atomic mass is 19.4. The third-order valence-corrected chi connectivity index (χ3v) is 8.32. The maximum Gasteiger partial charge on any atom is 0.471 e. The van der Waals surface area contributed by atoms with E-state index >= 15 is 0 Å². The van der Waals surface area contributed by atoms with Crippen LogP contribution in [0.25, 0.3) is 0 Å². The zero-order valence-electron chi connectivity index (χ0n) is 24.3. The molecule has 252 valence electrons. The number of likely N-dealkylation sites (N-methyl/N-ethyl adjacent to an activating group) is 1. The van der Waals surface area contributed by atoms with Gasteiger partial charge in [-0.2, -0.15) is 39.5 Å². The molecule has 2 fully saturated rings. The van der Waals surface area contributed by atoms with Gasteiger partial charge in [0.1, 0.15) is 5.82 Å². The highest BCUT2D eigenvalue weighted by molar-refractivity contribution is 5.92. The number of anilines is 1. The van der Waals surface area contributed by atoms with E-state index in [2.05, 4.69) is 0 Å². The number of urea groups is 1. The van der Waals surface area contributed by atoms with Crippen LogP contribution in [-0.2, 0) is 21.9 Å². The lowest BCUT2D eigenvalue weighted by molar-refractivity contribution is -0.187. The fraction of sp³-hybridized carbons (Fsp3) is 0.483. The summed E-state index contributed by atoms with van der Waals surface area (Å²) in [7, 11) is 2.25. The zero-order chi connectivity index (χ0) is 34.4. The van der Waals surface area contributed by atoms with Crippen molar-refractivity contribution in [1.29, 1.82) is 0 Å². The van der Waals surface area contributed by atoms with Gasteiger partial charge in [0, 0.05) is 57.8 Å². The van der Waals surface area contributed by atoms with Gasteiger partial charge in [0.05, 0.1) is 17.2 Å². The molecular formula is C29H28F10N4O3. The first-order valence-corrected chi connectivity index (χ1v) is 13.9. The first-order chi connectivity index (χ1) is 21.2. The number of piperidine rings is 1. The Morgan fingerprint density at radius 1 is 0.761 bits per heavy atom. The molecule has 17 heteroatoms. The van der Waals surface area contributed by atoms with Crippen LogP contribution < -0.4 is 4.90 Å². The number of halogens is 10. The minimum atomic E-state index is -5.15. The van der Waals surface area contributed by atoms with Gasteiger partial charge < -0.3 is 14.7 Å². The molecule has 0 bridgehead atoms. The van der Waals surface area contributed by atoms with E-state index in [-0.39, 0.29) is 45.1 Å². The number of rotatable bonds is 4. The number of hydrogen-bond acceptors (Lipinski definition) is 3. The highest BCUT2D eigenvalue weighted by Gasteiger charge is 2.46. The molecule has 0 unspecified atom stereocenters. The van der Waals surface area contributed by atoms with E-state index in [9.17, 15) is 58.3 Å². The summed E-state index contributed by atoms with van der Waals surface area (Å²) in [4.78, 5) is 42.2. The molecule has 4 rings (SSSR count). The molecule has 0 spiro atoms. The Balaban J connectivity index is 1.58. The molecule has 2 aliphatic heterocycles. The quantitative estimate of drug-likeness (QED) is 0.367. The van der Waals surface area contributed by atoms with E-state index in [4.69, 9.17) is 0 Å². The number of hydrogen-bond donors (Lipinski definition) is 0. The molecular weight excluding hydrogens is 642 g/mol. The van der Waals surface area contributed by atoms with Crippen LogP contribution in [0.3, 0.4) is 0 Å². The fourth-order valence-corrected chi connectivity index (χ4v) is 5.78. The number of carbonyl (C=O) groups excluding carboxylic acids is 3. The first kappa shape index (κ1) is 34.8. The summed E-state index contributed by atoms with van der Waals surface area (Å²) >= 11 is 0. The van der Waals surface area contributed by atoms with Gasteiger partial charge in [0.15, 0.2) is 0 Å². The topological polar surface area (TPSA) is 64.2 Å². The molecule has 0 radical (unpaired) electrons. The number of nitrogens with zero attached hydrogens (tertiary/aromatic N) is 4. The van der Waals surface area contributed by atoms with Crippen LogP contribution in [0.15, 0.2) is 42.5 Å². The van der Waals surface area contributed by atoms with Crippen molar-refractivity contribution in [3.63, 3.8) is 0 Å². The summed E-state index contributed by atoms with van der Waals surface area (Å²) in [6.45, 7) is -0.796. The van der Waals surface area contributed by atoms with Crippen molar-refractivity contribution >= 4 is 23.5 Å². The van der Waals surface area contributed by atoms with Crippen molar-refractivity contribution in [3.05, 3.63) is 65.0 Å². The summed E-state index contributed by atoms with van der Waals surface area (Å²) in [6, 6.07) is 3.94. The fourth-order valence-electron chi connectivity index (χ4n) is 5.78. The van der Waals surface area contributed by atoms with Crippen molar-refractivity contribution < 1.29 is 58.3 Å². The van der Waals surface area contributed by atoms with Gasteiger partial charge in [-0.15, -0.1) is 0 Å². The molecule has 2 atom stereocenters. The smallest absolute Gasteiger partial charge is 0.340 e. The second-order valence-electron chi connectivity index (χ2n) is 11.2. The van der Waals surface area contributed by atoms with Crippen LogP contribution in [0.4, 0.5) is 54.4 Å². The molecule has 0 aromatic heterocycles. The minimum Gasteiger partial charge on any atom is -0.340 e. The van der Waals surface area contributed by atoms with Crippen molar-refractivity contribution in [2.75, 3.05) is 45.2 Å². The van der Waals surface area contributed by atoms with Crippen LogP contribution in [0.5, 0.6) is 0 Å². The van der Waals surface area contributed by atoms with Crippen LogP contribution >= 0.6 is 0 Å². The highest BCUT2D eigenvalue weighted by Crippen LogP contribution is 2.39. The second kappa shape index (κ2) is 12.6. The lowest BCUT2D eigenvalue weighted by Crippen LogP contribution is -2.49. The van der Waals surface area contributed by atoms with Gasteiger partial charge in [0.2, 0.25) is 5.91 Å². The maximum atomic E-state index is 13.7. The van der Waals surface area contributed by atoms with Gasteiger partial charge >= 0.3 is 30.5 Å². The predicted octanol–water partition coefficient (Wildman–Crippen LogP) is 6.15. The normalized spacial score (nSPS) is 19.7. The Labute approximate surface area is 256 Å². The molecule has 2 aliphatic rings. The summed E-state index contributed by atoms with van der Waals surface area (Å²) in [5, 5.41) is 0. The Kier molecular flexibility index (Phi) is 9.56. The van der Waals surface area contributed by atoms with E-state index < -0.39 is 76.9 Å². The second-order valence-corrected chi connectivity index (χ2v) is 11.2. The standard InChI is InChI=1S/C29H28F10N4O3/c1-40(21-12-18(27(31,32)33)11-19(13-21)28(34,35)36)26(46)41(2)23-15-43(14-22(23)16-3-5-20(30)6-4-16)24(44)17-7-9-42(10-8-17)25(45)29(37,38)39/h3-6,11-13,17,22-23H,7-10,14-15H2,1-2H3/t22-,23+/m0/s1. The van der Waals surface area contributed by atoms with Crippen LogP contribution in [-0.4, -0.2) is 85.0 Å². The molecule has 0 N–H and O–H groups in total. The number of alkyl halides is 9. The lowest BCUT2D eigenvalue weighted by atomic mass is 9.93. The number of likely N-dealkylation sites (tertiary alicyclic amines) is 2. The van der Waals surface area contributed by atoms with Crippen LogP contribution in [0.2, 0.25) is 0 Å². The molecule has 2 aromatic rings. The molecule has 4 amide bonds. The molecule has 0 aliphatic carbocycles. The van der Waals surface area contributed by atoms with Gasteiger partial charge in [-0.05, 0) is 48.7 Å². The van der Waals surface area contributed by atoms with E-state index in [0.29, 0.717) is 27.5 Å². The van der Waals surface area contributed by atoms with Gasteiger partial charge in [-0.1, -0.05) is 12.1 Å². The summed E-state index contributed by atoms with van der Waals surface area (Å²) < 4.78 is 133.